The van der Waals surface area contributed by atoms with Gasteiger partial charge in [-0.25, -0.2) is 4.79 Å². The molecule has 1 aromatic heterocycles. The van der Waals surface area contributed by atoms with E-state index < -0.39 is 5.60 Å². The van der Waals surface area contributed by atoms with E-state index in [1.807, 2.05) is 20.8 Å². The fourth-order valence-electron chi connectivity index (χ4n) is 2.96. The first kappa shape index (κ1) is 17.9. The quantitative estimate of drug-likeness (QED) is 0.863. The van der Waals surface area contributed by atoms with Crippen molar-refractivity contribution in [2.24, 2.45) is 0 Å². The minimum atomic E-state index is -0.453. The number of carbonyl (C=O) groups is 1. The van der Waals surface area contributed by atoms with E-state index >= 15 is 0 Å². The third-order valence-electron chi connectivity index (χ3n) is 3.97. The van der Waals surface area contributed by atoms with Crippen molar-refractivity contribution in [3.63, 3.8) is 0 Å². The fraction of sp³-hybridized carbons (Fsp3) is 0.722. The lowest BCUT2D eigenvalue weighted by molar-refractivity contribution is 0.0250. The molecule has 0 radical (unpaired) electrons. The SMILES string of the molecule is CCCN(CCNC1CCCc2occc21)C(=O)OC(C)(C)C. The molecule has 0 aliphatic heterocycles. The number of amides is 1. The molecule has 130 valence electrons. The summed E-state index contributed by atoms with van der Waals surface area (Å²) in [5.41, 5.74) is 0.821. The summed E-state index contributed by atoms with van der Waals surface area (Å²) < 4.78 is 11.0. The zero-order valence-corrected chi connectivity index (χ0v) is 14.9. The second-order valence-corrected chi connectivity index (χ2v) is 7.17. The van der Waals surface area contributed by atoms with E-state index in [4.69, 9.17) is 9.15 Å². The average Bonchev–Trinajstić information content (AvgIpc) is 2.93. The van der Waals surface area contributed by atoms with Gasteiger partial charge in [-0.15, -0.1) is 0 Å². The van der Waals surface area contributed by atoms with Crippen LogP contribution in [0.5, 0.6) is 0 Å². The van der Waals surface area contributed by atoms with E-state index in [0.717, 1.165) is 44.5 Å². The van der Waals surface area contributed by atoms with Crippen molar-refractivity contribution in [1.29, 1.82) is 0 Å². The summed E-state index contributed by atoms with van der Waals surface area (Å²) in [6.45, 7) is 9.91. The molecule has 1 unspecified atom stereocenters. The van der Waals surface area contributed by atoms with Crippen LogP contribution in [-0.4, -0.2) is 36.2 Å². The van der Waals surface area contributed by atoms with Crippen molar-refractivity contribution < 1.29 is 13.9 Å². The van der Waals surface area contributed by atoms with Crippen LogP contribution in [0.15, 0.2) is 16.7 Å². The Morgan fingerprint density at radius 2 is 2.22 bits per heavy atom. The van der Waals surface area contributed by atoms with Crippen LogP contribution in [0.1, 0.15) is 64.3 Å². The molecule has 1 N–H and O–H groups in total. The van der Waals surface area contributed by atoms with E-state index in [-0.39, 0.29) is 6.09 Å². The maximum atomic E-state index is 12.2. The largest absolute Gasteiger partial charge is 0.469 e. The molecule has 0 saturated heterocycles. The minimum absolute atomic E-state index is 0.228. The second-order valence-electron chi connectivity index (χ2n) is 7.17. The predicted octanol–water partition coefficient (Wildman–Crippen LogP) is 3.89. The highest BCUT2D eigenvalue weighted by atomic mass is 16.6. The van der Waals surface area contributed by atoms with Gasteiger partial charge in [-0.3, -0.25) is 0 Å². The summed E-state index contributed by atoms with van der Waals surface area (Å²) in [7, 11) is 0. The van der Waals surface area contributed by atoms with Gasteiger partial charge in [0, 0.05) is 37.7 Å². The molecule has 1 amide bonds. The predicted molar refractivity (Wildman–Crippen MR) is 90.5 cm³/mol. The van der Waals surface area contributed by atoms with Crippen LogP contribution in [0, 0.1) is 0 Å². The number of hydrogen-bond acceptors (Lipinski definition) is 4. The van der Waals surface area contributed by atoms with Crippen molar-refractivity contribution in [2.45, 2.75) is 65.0 Å². The Morgan fingerprint density at radius 3 is 2.91 bits per heavy atom. The average molecular weight is 322 g/mol. The number of rotatable bonds is 6. The fourth-order valence-corrected chi connectivity index (χ4v) is 2.96. The van der Waals surface area contributed by atoms with Crippen molar-refractivity contribution in [3.05, 3.63) is 23.7 Å². The van der Waals surface area contributed by atoms with Gasteiger partial charge in [0.2, 0.25) is 0 Å². The smallest absolute Gasteiger partial charge is 0.410 e. The molecule has 0 aromatic carbocycles. The Morgan fingerprint density at radius 1 is 1.43 bits per heavy atom. The minimum Gasteiger partial charge on any atom is -0.469 e. The molecule has 5 nitrogen and oxygen atoms in total. The highest BCUT2D eigenvalue weighted by Gasteiger charge is 2.24. The maximum Gasteiger partial charge on any atom is 0.410 e. The topological polar surface area (TPSA) is 54.7 Å². The number of nitrogens with zero attached hydrogens (tertiary/aromatic N) is 1. The molecule has 0 bridgehead atoms. The standard InChI is InChI=1S/C18H30N2O3/c1-5-11-20(17(21)23-18(2,3)4)12-10-19-15-7-6-8-16-14(15)9-13-22-16/h9,13,15,19H,5-8,10-12H2,1-4H3. The van der Waals surface area contributed by atoms with Gasteiger partial charge in [0.25, 0.3) is 0 Å². The molecular weight excluding hydrogens is 292 g/mol. The third kappa shape index (κ3) is 5.27. The van der Waals surface area contributed by atoms with Crippen molar-refractivity contribution in [2.75, 3.05) is 19.6 Å². The highest BCUT2D eigenvalue weighted by Crippen LogP contribution is 2.30. The summed E-state index contributed by atoms with van der Waals surface area (Å²) in [5, 5.41) is 3.56. The zero-order valence-electron chi connectivity index (χ0n) is 14.9. The molecule has 1 heterocycles. The monoisotopic (exact) mass is 322 g/mol. The molecule has 1 atom stereocenters. The van der Waals surface area contributed by atoms with Gasteiger partial charge in [0.15, 0.2) is 0 Å². The number of nitrogens with one attached hydrogen (secondary N) is 1. The Balaban J connectivity index is 1.84. The molecule has 1 aromatic rings. The molecule has 1 aliphatic carbocycles. The van der Waals surface area contributed by atoms with E-state index in [1.54, 1.807) is 11.2 Å². The van der Waals surface area contributed by atoms with Gasteiger partial charge in [-0.1, -0.05) is 6.92 Å². The van der Waals surface area contributed by atoms with Crippen LogP contribution >= 0.6 is 0 Å². The van der Waals surface area contributed by atoms with Crippen LogP contribution in [-0.2, 0) is 11.2 Å². The molecule has 2 rings (SSSR count). The second kappa shape index (κ2) is 7.86. The lowest BCUT2D eigenvalue weighted by atomic mass is 9.93. The number of ether oxygens (including phenoxy) is 1. The third-order valence-corrected chi connectivity index (χ3v) is 3.97. The molecule has 0 spiro atoms. The normalized spacial score (nSPS) is 17.7. The van der Waals surface area contributed by atoms with Gasteiger partial charge in [0.1, 0.15) is 11.4 Å². The Kier molecular flexibility index (Phi) is 6.10. The van der Waals surface area contributed by atoms with Crippen LogP contribution in [0.3, 0.4) is 0 Å². The van der Waals surface area contributed by atoms with Gasteiger partial charge < -0.3 is 19.4 Å². The first-order valence-electron chi connectivity index (χ1n) is 8.68. The summed E-state index contributed by atoms with van der Waals surface area (Å²) in [6, 6.07) is 2.39. The van der Waals surface area contributed by atoms with E-state index in [0.29, 0.717) is 12.6 Å². The molecule has 0 fully saturated rings. The maximum absolute atomic E-state index is 12.2. The van der Waals surface area contributed by atoms with Crippen LogP contribution in [0.4, 0.5) is 4.79 Å². The van der Waals surface area contributed by atoms with Gasteiger partial charge >= 0.3 is 6.09 Å². The van der Waals surface area contributed by atoms with Crippen LogP contribution < -0.4 is 5.32 Å². The Bertz CT molecular complexity index is 505. The number of hydrogen-bond donors (Lipinski definition) is 1. The number of aryl methyl sites for hydroxylation is 1. The summed E-state index contributed by atoms with van der Waals surface area (Å²) in [6.07, 6.45) is 5.76. The van der Waals surface area contributed by atoms with E-state index in [1.165, 1.54) is 5.56 Å². The molecule has 5 heteroatoms. The van der Waals surface area contributed by atoms with Crippen molar-refractivity contribution >= 4 is 6.09 Å². The Labute approximate surface area is 139 Å². The van der Waals surface area contributed by atoms with Gasteiger partial charge in [-0.05, 0) is 46.1 Å². The first-order valence-corrected chi connectivity index (χ1v) is 8.68. The number of fused-ring (bicyclic) bond motifs is 1. The van der Waals surface area contributed by atoms with Gasteiger partial charge in [-0.2, -0.15) is 0 Å². The zero-order chi connectivity index (χ0) is 16.9. The number of furan rings is 1. The van der Waals surface area contributed by atoms with Crippen molar-refractivity contribution in [1.82, 2.24) is 10.2 Å². The Hall–Kier alpha value is -1.49. The first-order chi connectivity index (χ1) is 10.9. The van der Waals surface area contributed by atoms with E-state index in [2.05, 4.69) is 18.3 Å². The molecule has 23 heavy (non-hydrogen) atoms. The molecule has 0 saturated carbocycles. The van der Waals surface area contributed by atoms with Crippen LogP contribution in [0.25, 0.3) is 0 Å². The highest BCUT2D eigenvalue weighted by molar-refractivity contribution is 5.68. The van der Waals surface area contributed by atoms with E-state index in [9.17, 15) is 4.79 Å². The summed E-state index contributed by atoms with van der Waals surface area (Å²) in [4.78, 5) is 14.0. The summed E-state index contributed by atoms with van der Waals surface area (Å²) in [5.74, 6) is 1.10. The lowest BCUT2D eigenvalue weighted by Gasteiger charge is -2.28. The van der Waals surface area contributed by atoms with Gasteiger partial charge in [0.05, 0.1) is 6.26 Å². The lowest BCUT2D eigenvalue weighted by Crippen LogP contribution is -2.41. The number of carbonyl (C=O) groups excluding carboxylic acids is 1. The molecule has 1 aliphatic rings. The van der Waals surface area contributed by atoms with Crippen molar-refractivity contribution in [3.8, 4) is 0 Å². The summed E-state index contributed by atoms with van der Waals surface area (Å²) >= 11 is 0. The molecular formula is C18H30N2O3. The van der Waals surface area contributed by atoms with Crippen LogP contribution in [0.2, 0.25) is 0 Å².